The Kier molecular flexibility index (Phi) is 8.28. The summed E-state index contributed by atoms with van der Waals surface area (Å²) in [6.07, 6.45) is 0.813. The fraction of sp³-hybridized carbons (Fsp3) is 0.367. The number of benzene rings is 2. The number of ether oxygens (including phenoxy) is 5. The molecule has 0 radical (unpaired) electrons. The van der Waals surface area contributed by atoms with Crippen LogP contribution in [0.1, 0.15) is 56.6 Å². The standard InChI is InChI=1S/C30H33NO8/c1-7-38-30(34)27-16(2)31-21-12-20(18-8-10-23(35-4)25(14-18)36-5)13-22(33)29(21)28(27)19-9-11-24(39-17(3)32)26(15-19)37-6/h8-11,14-15,20,28,31H,7,12-13H2,1-6H3/t20-,28-/m0/s1. The van der Waals surface area contributed by atoms with Gasteiger partial charge in [-0.05, 0) is 61.6 Å². The number of carbonyl (C=O) groups excluding carboxylic acids is 3. The lowest BCUT2D eigenvalue weighted by Crippen LogP contribution is -2.36. The molecule has 2 aromatic rings. The molecule has 0 saturated heterocycles. The molecule has 9 nitrogen and oxygen atoms in total. The molecule has 2 atom stereocenters. The highest BCUT2D eigenvalue weighted by Gasteiger charge is 2.41. The Morgan fingerprint density at radius 1 is 0.897 bits per heavy atom. The van der Waals surface area contributed by atoms with Crippen LogP contribution in [-0.2, 0) is 19.1 Å². The fourth-order valence-electron chi connectivity index (χ4n) is 5.30. The molecule has 0 aromatic heterocycles. The minimum absolute atomic E-state index is 0.0779. The van der Waals surface area contributed by atoms with E-state index in [4.69, 9.17) is 23.7 Å². The van der Waals surface area contributed by atoms with E-state index >= 15 is 0 Å². The molecular weight excluding hydrogens is 502 g/mol. The van der Waals surface area contributed by atoms with Crippen molar-refractivity contribution in [3.8, 4) is 23.0 Å². The summed E-state index contributed by atoms with van der Waals surface area (Å²) in [4.78, 5) is 38.6. The van der Waals surface area contributed by atoms with E-state index in [0.29, 0.717) is 46.1 Å². The van der Waals surface area contributed by atoms with E-state index in [2.05, 4.69) is 5.32 Å². The van der Waals surface area contributed by atoms with Gasteiger partial charge in [-0.3, -0.25) is 9.59 Å². The van der Waals surface area contributed by atoms with E-state index in [-0.39, 0.29) is 30.5 Å². The Morgan fingerprint density at radius 3 is 2.15 bits per heavy atom. The van der Waals surface area contributed by atoms with Gasteiger partial charge in [-0.2, -0.15) is 0 Å². The summed E-state index contributed by atoms with van der Waals surface area (Å²) in [5.41, 5.74) is 3.84. The molecular formula is C30H33NO8. The van der Waals surface area contributed by atoms with Crippen LogP contribution < -0.4 is 24.3 Å². The number of carbonyl (C=O) groups is 3. The maximum Gasteiger partial charge on any atom is 0.336 e. The molecule has 0 saturated carbocycles. The summed E-state index contributed by atoms with van der Waals surface area (Å²) < 4.78 is 27.0. The molecule has 0 bridgehead atoms. The highest BCUT2D eigenvalue weighted by molar-refractivity contribution is 6.04. The Bertz CT molecular complexity index is 1370. The first-order valence-electron chi connectivity index (χ1n) is 12.7. The van der Waals surface area contributed by atoms with Crippen LogP contribution in [0.3, 0.4) is 0 Å². The number of allylic oxidation sites excluding steroid dienone is 3. The fourth-order valence-corrected chi connectivity index (χ4v) is 5.30. The van der Waals surface area contributed by atoms with Crippen LogP contribution in [0.25, 0.3) is 0 Å². The van der Waals surface area contributed by atoms with Gasteiger partial charge in [0.15, 0.2) is 28.8 Å². The van der Waals surface area contributed by atoms with Crippen molar-refractivity contribution >= 4 is 17.7 Å². The van der Waals surface area contributed by atoms with Crippen molar-refractivity contribution in [3.05, 3.63) is 70.1 Å². The van der Waals surface area contributed by atoms with Crippen LogP contribution >= 0.6 is 0 Å². The van der Waals surface area contributed by atoms with Gasteiger partial charge in [-0.25, -0.2) is 4.79 Å². The smallest absolute Gasteiger partial charge is 0.336 e. The zero-order valence-electron chi connectivity index (χ0n) is 23.0. The molecule has 1 aliphatic carbocycles. The zero-order valence-corrected chi connectivity index (χ0v) is 23.0. The summed E-state index contributed by atoms with van der Waals surface area (Å²) in [6.45, 7) is 5.04. The Morgan fingerprint density at radius 2 is 1.51 bits per heavy atom. The number of hydrogen-bond donors (Lipinski definition) is 1. The van der Waals surface area contributed by atoms with E-state index in [9.17, 15) is 14.4 Å². The third-order valence-corrected chi connectivity index (χ3v) is 6.98. The summed E-state index contributed by atoms with van der Waals surface area (Å²) in [6, 6.07) is 10.7. The molecule has 1 aliphatic heterocycles. The highest BCUT2D eigenvalue weighted by atomic mass is 16.6. The second kappa shape index (κ2) is 11.6. The summed E-state index contributed by atoms with van der Waals surface area (Å²) in [5.74, 6) is -0.0706. The lowest BCUT2D eigenvalue weighted by atomic mass is 9.71. The predicted molar refractivity (Wildman–Crippen MR) is 143 cm³/mol. The van der Waals surface area contributed by atoms with Gasteiger partial charge in [0.05, 0.1) is 33.5 Å². The molecule has 0 spiro atoms. The van der Waals surface area contributed by atoms with Gasteiger partial charge in [-0.15, -0.1) is 0 Å². The normalized spacial score (nSPS) is 18.7. The third kappa shape index (κ3) is 5.48. The predicted octanol–water partition coefficient (Wildman–Crippen LogP) is 4.56. The third-order valence-electron chi connectivity index (χ3n) is 6.98. The van der Waals surface area contributed by atoms with Gasteiger partial charge in [-0.1, -0.05) is 12.1 Å². The molecule has 9 heteroatoms. The summed E-state index contributed by atoms with van der Waals surface area (Å²) >= 11 is 0. The van der Waals surface area contributed by atoms with E-state index in [1.807, 2.05) is 18.2 Å². The van der Waals surface area contributed by atoms with Gasteiger partial charge < -0.3 is 29.0 Å². The van der Waals surface area contributed by atoms with Crippen molar-refractivity contribution < 1.29 is 38.1 Å². The zero-order chi connectivity index (χ0) is 28.3. The number of hydrogen-bond acceptors (Lipinski definition) is 9. The van der Waals surface area contributed by atoms with Gasteiger partial charge in [0.1, 0.15) is 0 Å². The van der Waals surface area contributed by atoms with Crippen LogP contribution in [0, 0.1) is 0 Å². The van der Waals surface area contributed by atoms with Crippen LogP contribution in [0.2, 0.25) is 0 Å². The van der Waals surface area contributed by atoms with Gasteiger partial charge in [0.2, 0.25) is 0 Å². The second-order valence-electron chi connectivity index (χ2n) is 9.36. The lowest BCUT2D eigenvalue weighted by Gasteiger charge is -2.37. The number of Topliss-reactive ketones (excluding diaryl/α,β-unsaturated/α-hetero) is 1. The van der Waals surface area contributed by atoms with Crippen molar-refractivity contribution in [1.29, 1.82) is 0 Å². The quantitative estimate of drug-likeness (QED) is 0.384. The molecule has 4 rings (SSSR count). The maximum atomic E-state index is 13.8. The number of ketones is 1. The average Bonchev–Trinajstić information content (AvgIpc) is 2.91. The summed E-state index contributed by atoms with van der Waals surface area (Å²) in [7, 11) is 4.62. The lowest BCUT2D eigenvalue weighted by molar-refractivity contribution is -0.139. The van der Waals surface area contributed by atoms with Crippen LogP contribution in [0.4, 0.5) is 0 Å². The minimum atomic E-state index is -0.681. The SMILES string of the molecule is CCOC(=O)C1=C(C)NC2=C(C(=O)C[C@@H](c3ccc(OC)c(OC)c3)C2)[C@H]1c1ccc(OC(C)=O)c(OC)c1. The topological polar surface area (TPSA) is 109 Å². The van der Waals surface area contributed by atoms with Gasteiger partial charge in [0, 0.05) is 36.2 Å². The van der Waals surface area contributed by atoms with Crippen LogP contribution in [0.15, 0.2) is 58.9 Å². The number of nitrogens with one attached hydrogen (secondary N) is 1. The Labute approximate surface area is 227 Å². The van der Waals surface area contributed by atoms with E-state index in [1.54, 1.807) is 46.3 Å². The number of dihydropyridines is 1. The molecule has 0 amide bonds. The van der Waals surface area contributed by atoms with E-state index < -0.39 is 17.9 Å². The van der Waals surface area contributed by atoms with Gasteiger partial charge >= 0.3 is 11.9 Å². The monoisotopic (exact) mass is 535 g/mol. The minimum Gasteiger partial charge on any atom is -0.493 e. The van der Waals surface area contributed by atoms with Crippen LogP contribution in [-0.4, -0.2) is 45.7 Å². The number of methoxy groups -OCH3 is 3. The number of rotatable bonds is 8. The molecule has 2 aromatic carbocycles. The molecule has 1 N–H and O–H groups in total. The van der Waals surface area contributed by atoms with Crippen molar-refractivity contribution in [2.75, 3.05) is 27.9 Å². The largest absolute Gasteiger partial charge is 0.493 e. The van der Waals surface area contributed by atoms with E-state index in [1.165, 1.54) is 14.0 Å². The van der Waals surface area contributed by atoms with Crippen molar-refractivity contribution in [3.63, 3.8) is 0 Å². The van der Waals surface area contributed by atoms with Gasteiger partial charge in [0.25, 0.3) is 0 Å². The van der Waals surface area contributed by atoms with E-state index in [0.717, 1.165) is 11.3 Å². The Hall–Kier alpha value is -4.27. The molecule has 206 valence electrons. The first kappa shape index (κ1) is 27.8. The van der Waals surface area contributed by atoms with Crippen molar-refractivity contribution in [1.82, 2.24) is 5.32 Å². The van der Waals surface area contributed by atoms with Crippen molar-refractivity contribution in [2.24, 2.45) is 0 Å². The molecule has 1 heterocycles. The van der Waals surface area contributed by atoms with Crippen LogP contribution in [0.5, 0.6) is 23.0 Å². The second-order valence-corrected chi connectivity index (χ2v) is 9.36. The highest BCUT2D eigenvalue weighted by Crippen LogP contribution is 2.47. The molecule has 0 fully saturated rings. The first-order chi connectivity index (χ1) is 18.7. The summed E-state index contributed by atoms with van der Waals surface area (Å²) in [5, 5.41) is 3.34. The first-order valence-corrected chi connectivity index (χ1v) is 12.7. The maximum absolute atomic E-state index is 13.8. The molecule has 2 aliphatic rings. The number of esters is 2. The molecule has 0 unspecified atom stereocenters. The Balaban J connectivity index is 1.80. The molecule has 39 heavy (non-hydrogen) atoms. The average molecular weight is 536 g/mol. The van der Waals surface area contributed by atoms with Crippen molar-refractivity contribution in [2.45, 2.75) is 45.4 Å².